The van der Waals surface area contributed by atoms with E-state index in [9.17, 15) is 9.90 Å². The zero-order chi connectivity index (χ0) is 12.3. The van der Waals surface area contributed by atoms with Gasteiger partial charge in [0.25, 0.3) is 0 Å². The van der Waals surface area contributed by atoms with Crippen molar-refractivity contribution in [3.05, 3.63) is 30.1 Å². The van der Waals surface area contributed by atoms with Crippen LogP contribution in [0.5, 0.6) is 0 Å². The lowest BCUT2D eigenvalue weighted by Gasteiger charge is -2.46. The molecule has 0 aromatic carbocycles. The van der Waals surface area contributed by atoms with E-state index in [-0.39, 0.29) is 5.91 Å². The number of hydrogen-bond acceptors (Lipinski definition) is 3. The van der Waals surface area contributed by atoms with Crippen LogP contribution in [0.25, 0.3) is 0 Å². The molecule has 0 unspecified atom stereocenters. The van der Waals surface area contributed by atoms with Crippen molar-refractivity contribution in [2.45, 2.75) is 31.8 Å². The molecule has 1 fully saturated rings. The molecule has 17 heavy (non-hydrogen) atoms. The average Bonchev–Trinajstić information content (AvgIpc) is 2.33. The number of β-amino-alcohol motifs (C(OH)–C–C–N with tert-alkyl or cyclic N) is 1. The van der Waals surface area contributed by atoms with Crippen LogP contribution in [0.15, 0.2) is 24.5 Å². The molecule has 0 bridgehead atoms. The van der Waals surface area contributed by atoms with Gasteiger partial charge in [-0.25, -0.2) is 0 Å². The standard InChI is InChI=1S/C13H18N2O2/c1-2-13(17)9-15(10-13)12(16)4-3-11-5-7-14-8-6-11/h5-8,17H,2-4,9-10H2,1H3. The molecule has 0 saturated carbocycles. The van der Waals surface area contributed by atoms with Gasteiger partial charge in [0.1, 0.15) is 0 Å². The molecule has 4 heteroatoms. The SMILES string of the molecule is CCC1(O)CN(C(=O)CCc2ccncc2)C1. The first-order chi connectivity index (χ1) is 8.13. The van der Waals surface area contributed by atoms with Crippen LogP contribution in [0.1, 0.15) is 25.3 Å². The monoisotopic (exact) mass is 234 g/mol. The molecule has 1 saturated heterocycles. The zero-order valence-electron chi connectivity index (χ0n) is 10.1. The first kappa shape index (κ1) is 12.0. The van der Waals surface area contributed by atoms with Crippen LogP contribution in [-0.4, -0.2) is 39.6 Å². The molecule has 2 heterocycles. The van der Waals surface area contributed by atoms with E-state index in [2.05, 4.69) is 4.98 Å². The lowest BCUT2D eigenvalue weighted by atomic mass is 9.91. The number of aryl methyl sites for hydroxylation is 1. The van der Waals surface area contributed by atoms with E-state index >= 15 is 0 Å². The van der Waals surface area contributed by atoms with E-state index in [0.717, 1.165) is 12.0 Å². The van der Waals surface area contributed by atoms with Gasteiger partial charge in [-0.2, -0.15) is 0 Å². The van der Waals surface area contributed by atoms with Crippen molar-refractivity contribution in [1.82, 2.24) is 9.88 Å². The molecule has 0 spiro atoms. The molecule has 2 rings (SSSR count). The van der Waals surface area contributed by atoms with E-state index in [1.54, 1.807) is 17.3 Å². The molecule has 0 atom stereocenters. The molecule has 1 amide bonds. The van der Waals surface area contributed by atoms with E-state index in [4.69, 9.17) is 0 Å². The zero-order valence-corrected chi connectivity index (χ0v) is 10.1. The Kier molecular flexibility index (Phi) is 3.43. The molecule has 0 radical (unpaired) electrons. The molecule has 92 valence electrons. The number of aromatic nitrogens is 1. The summed E-state index contributed by atoms with van der Waals surface area (Å²) in [5, 5.41) is 9.82. The molecule has 0 aliphatic carbocycles. The fraction of sp³-hybridized carbons (Fsp3) is 0.538. The molecular weight excluding hydrogens is 216 g/mol. The van der Waals surface area contributed by atoms with Crippen LogP contribution in [0.2, 0.25) is 0 Å². The fourth-order valence-corrected chi connectivity index (χ4v) is 2.02. The highest BCUT2D eigenvalue weighted by Gasteiger charge is 2.41. The molecule has 1 aromatic heterocycles. The third-order valence-corrected chi connectivity index (χ3v) is 3.36. The first-order valence-corrected chi connectivity index (χ1v) is 6.02. The van der Waals surface area contributed by atoms with Crippen molar-refractivity contribution in [2.24, 2.45) is 0 Å². The number of hydrogen-bond donors (Lipinski definition) is 1. The van der Waals surface area contributed by atoms with Gasteiger partial charge in [-0.05, 0) is 30.5 Å². The van der Waals surface area contributed by atoms with Crippen LogP contribution >= 0.6 is 0 Å². The van der Waals surface area contributed by atoms with Gasteiger partial charge < -0.3 is 10.0 Å². The van der Waals surface area contributed by atoms with Gasteiger partial charge in [0, 0.05) is 18.8 Å². The maximum Gasteiger partial charge on any atom is 0.223 e. The minimum atomic E-state index is -0.633. The molecular formula is C13H18N2O2. The summed E-state index contributed by atoms with van der Waals surface area (Å²) in [5.41, 5.74) is 0.492. The fourth-order valence-electron chi connectivity index (χ4n) is 2.02. The summed E-state index contributed by atoms with van der Waals surface area (Å²) in [6, 6.07) is 3.84. The molecule has 1 N–H and O–H groups in total. The van der Waals surface area contributed by atoms with Gasteiger partial charge in [0.15, 0.2) is 0 Å². The smallest absolute Gasteiger partial charge is 0.223 e. The highest BCUT2D eigenvalue weighted by Crippen LogP contribution is 2.24. The second-order valence-corrected chi connectivity index (χ2v) is 4.68. The van der Waals surface area contributed by atoms with Gasteiger partial charge in [-0.15, -0.1) is 0 Å². The summed E-state index contributed by atoms with van der Waals surface area (Å²) in [7, 11) is 0. The summed E-state index contributed by atoms with van der Waals surface area (Å²) < 4.78 is 0. The molecule has 4 nitrogen and oxygen atoms in total. The summed E-state index contributed by atoms with van der Waals surface area (Å²) in [6.07, 6.45) is 5.42. The maximum atomic E-state index is 11.8. The van der Waals surface area contributed by atoms with Crippen LogP contribution in [0, 0.1) is 0 Å². The third-order valence-electron chi connectivity index (χ3n) is 3.36. The van der Waals surface area contributed by atoms with Crippen LogP contribution < -0.4 is 0 Å². The van der Waals surface area contributed by atoms with Crippen LogP contribution in [0.3, 0.4) is 0 Å². The van der Waals surface area contributed by atoms with Crippen molar-refractivity contribution in [1.29, 1.82) is 0 Å². The quantitative estimate of drug-likeness (QED) is 0.845. The Bertz CT molecular complexity index is 386. The molecule has 1 aromatic rings. The number of aliphatic hydroxyl groups is 1. The van der Waals surface area contributed by atoms with Crippen molar-refractivity contribution in [2.75, 3.05) is 13.1 Å². The highest BCUT2D eigenvalue weighted by atomic mass is 16.3. The van der Waals surface area contributed by atoms with E-state index in [1.165, 1.54) is 0 Å². The highest BCUT2D eigenvalue weighted by molar-refractivity contribution is 5.77. The number of carbonyl (C=O) groups is 1. The second kappa shape index (κ2) is 4.84. The summed E-state index contributed by atoms with van der Waals surface area (Å²) in [5.74, 6) is 0.125. The number of rotatable bonds is 4. The molecule has 1 aliphatic rings. The minimum absolute atomic E-state index is 0.125. The number of nitrogens with zero attached hydrogens (tertiary/aromatic N) is 2. The van der Waals surface area contributed by atoms with Crippen LogP contribution in [0.4, 0.5) is 0 Å². The van der Waals surface area contributed by atoms with Gasteiger partial charge in [-0.1, -0.05) is 6.92 Å². The van der Waals surface area contributed by atoms with Crippen molar-refractivity contribution >= 4 is 5.91 Å². The predicted octanol–water partition coefficient (Wildman–Crippen LogP) is 0.997. The Morgan fingerprint density at radius 2 is 2.12 bits per heavy atom. The van der Waals surface area contributed by atoms with E-state index < -0.39 is 5.60 Å². The number of likely N-dealkylation sites (tertiary alicyclic amines) is 1. The maximum absolute atomic E-state index is 11.8. The van der Waals surface area contributed by atoms with Gasteiger partial charge in [0.2, 0.25) is 5.91 Å². The minimum Gasteiger partial charge on any atom is -0.386 e. The van der Waals surface area contributed by atoms with E-state index in [1.807, 2.05) is 19.1 Å². The normalized spacial score (nSPS) is 17.6. The number of pyridine rings is 1. The Labute approximate surface area is 101 Å². The summed E-state index contributed by atoms with van der Waals surface area (Å²) in [4.78, 5) is 17.5. The lowest BCUT2D eigenvalue weighted by molar-refractivity contribution is -0.155. The van der Waals surface area contributed by atoms with E-state index in [0.29, 0.717) is 25.9 Å². The summed E-state index contributed by atoms with van der Waals surface area (Å²) >= 11 is 0. The van der Waals surface area contributed by atoms with Gasteiger partial charge in [0.05, 0.1) is 18.7 Å². The number of amides is 1. The van der Waals surface area contributed by atoms with Crippen molar-refractivity contribution in [3.8, 4) is 0 Å². The Balaban J connectivity index is 1.76. The van der Waals surface area contributed by atoms with Crippen LogP contribution in [-0.2, 0) is 11.2 Å². The first-order valence-electron chi connectivity index (χ1n) is 6.02. The second-order valence-electron chi connectivity index (χ2n) is 4.68. The Morgan fingerprint density at radius 1 is 1.47 bits per heavy atom. The molecule has 1 aliphatic heterocycles. The number of carbonyl (C=O) groups excluding carboxylic acids is 1. The lowest BCUT2D eigenvalue weighted by Crippen LogP contribution is -2.63. The van der Waals surface area contributed by atoms with Crippen molar-refractivity contribution < 1.29 is 9.90 Å². The van der Waals surface area contributed by atoms with Crippen molar-refractivity contribution in [3.63, 3.8) is 0 Å². The summed E-state index contributed by atoms with van der Waals surface area (Å²) in [6.45, 7) is 2.91. The van der Waals surface area contributed by atoms with Gasteiger partial charge in [-0.3, -0.25) is 9.78 Å². The Morgan fingerprint density at radius 3 is 2.71 bits per heavy atom. The average molecular weight is 234 g/mol. The topological polar surface area (TPSA) is 53.4 Å². The van der Waals surface area contributed by atoms with Gasteiger partial charge >= 0.3 is 0 Å². The Hall–Kier alpha value is -1.42. The largest absolute Gasteiger partial charge is 0.386 e. The third kappa shape index (κ3) is 2.82. The predicted molar refractivity (Wildman–Crippen MR) is 64.4 cm³/mol.